The number of hydrogen-bond acceptors (Lipinski definition) is 3. The Morgan fingerprint density at radius 3 is 2.22 bits per heavy atom. The second-order valence-electron chi connectivity index (χ2n) is 7.91. The summed E-state index contributed by atoms with van der Waals surface area (Å²) >= 11 is 0. The highest BCUT2D eigenvalue weighted by atomic mass is 16.4. The zero-order chi connectivity index (χ0) is 19.8. The number of aryl methyl sites for hydroxylation is 1. The maximum absolute atomic E-state index is 13.1. The van der Waals surface area contributed by atoms with Crippen molar-refractivity contribution in [2.24, 2.45) is 0 Å². The minimum absolute atomic E-state index is 0.129. The number of carboxylic acid groups (broad SMARTS) is 1. The van der Waals surface area contributed by atoms with Crippen LogP contribution in [0.25, 0.3) is 0 Å². The molecule has 6 nitrogen and oxygen atoms in total. The van der Waals surface area contributed by atoms with Gasteiger partial charge in [0.05, 0.1) is 23.3 Å². The lowest BCUT2D eigenvalue weighted by Crippen LogP contribution is -2.47. The summed E-state index contributed by atoms with van der Waals surface area (Å²) in [6, 6.07) is 8.26. The SMILES string of the molecule is Cc1ccc(C(C)(C)C(=O)N2CCC(n3ncc(C(=O)O)c3C)CC2)cc1. The van der Waals surface area contributed by atoms with E-state index in [0.29, 0.717) is 18.8 Å². The molecule has 1 fully saturated rings. The van der Waals surface area contributed by atoms with E-state index in [9.17, 15) is 14.7 Å². The van der Waals surface area contributed by atoms with Crippen LogP contribution in [-0.4, -0.2) is 44.8 Å². The van der Waals surface area contributed by atoms with Gasteiger partial charge in [0.2, 0.25) is 5.91 Å². The number of piperidine rings is 1. The van der Waals surface area contributed by atoms with Crippen LogP contribution < -0.4 is 0 Å². The molecular weight excluding hydrogens is 342 g/mol. The summed E-state index contributed by atoms with van der Waals surface area (Å²) in [4.78, 5) is 26.3. The fourth-order valence-corrected chi connectivity index (χ4v) is 3.80. The third-order valence-corrected chi connectivity index (χ3v) is 5.68. The summed E-state index contributed by atoms with van der Waals surface area (Å²) in [5.74, 6) is -0.820. The van der Waals surface area contributed by atoms with Gasteiger partial charge in [-0.3, -0.25) is 9.48 Å². The Morgan fingerprint density at radius 2 is 1.70 bits per heavy atom. The highest BCUT2D eigenvalue weighted by molar-refractivity contribution is 5.88. The highest BCUT2D eigenvalue weighted by Gasteiger charge is 2.36. The predicted octanol–water partition coefficient (Wildman–Crippen LogP) is 3.34. The van der Waals surface area contributed by atoms with E-state index >= 15 is 0 Å². The second-order valence-corrected chi connectivity index (χ2v) is 7.91. The molecule has 0 spiro atoms. The van der Waals surface area contributed by atoms with Crippen molar-refractivity contribution in [2.45, 2.75) is 52.0 Å². The molecule has 0 radical (unpaired) electrons. The van der Waals surface area contributed by atoms with Gasteiger partial charge in [-0.1, -0.05) is 29.8 Å². The number of benzene rings is 1. The van der Waals surface area contributed by atoms with E-state index in [1.165, 1.54) is 11.8 Å². The largest absolute Gasteiger partial charge is 0.478 e. The molecule has 3 rings (SSSR count). The first-order valence-corrected chi connectivity index (χ1v) is 9.35. The van der Waals surface area contributed by atoms with Gasteiger partial charge < -0.3 is 10.0 Å². The molecule has 1 aromatic heterocycles. The van der Waals surface area contributed by atoms with Crippen molar-refractivity contribution < 1.29 is 14.7 Å². The molecule has 144 valence electrons. The Labute approximate surface area is 159 Å². The molecular formula is C21H27N3O3. The fraction of sp³-hybridized carbons (Fsp3) is 0.476. The van der Waals surface area contributed by atoms with Gasteiger partial charge in [-0.15, -0.1) is 0 Å². The molecule has 27 heavy (non-hydrogen) atoms. The molecule has 6 heteroatoms. The lowest BCUT2D eigenvalue weighted by atomic mass is 9.82. The van der Waals surface area contributed by atoms with Crippen LogP contribution in [0.5, 0.6) is 0 Å². The monoisotopic (exact) mass is 369 g/mol. The van der Waals surface area contributed by atoms with Crippen LogP contribution in [0.2, 0.25) is 0 Å². The number of nitrogens with zero attached hydrogens (tertiary/aromatic N) is 3. The summed E-state index contributed by atoms with van der Waals surface area (Å²) in [7, 11) is 0. The van der Waals surface area contributed by atoms with Crippen LogP contribution in [0.3, 0.4) is 0 Å². The van der Waals surface area contributed by atoms with E-state index in [1.807, 2.05) is 49.9 Å². The van der Waals surface area contributed by atoms with E-state index in [2.05, 4.69) is 5.10 Å². The molecule has 1 N–H and O–H groups in total. The number of aromatic nitrogens is 2. The molecule has 1 aliphatic heterocycles. The third kappa shape index (κ3) is 3.61. The van der Waals surface area contributed by atoms with E-state index in [0.717, 1.165) is 18.4 Å². The molecule has 2 aromatic rings. The minimum atomic E-state index is -0.953. The summed E-state index contributed by atoms with van der Waals surface area (Å²) in [5, 5.41) is 13.5. The number of carbonyl (C=O) groups excluding carboxylic acids is 1. The second kappa shape index (κ2) is 7.18. The molecule has 1 amide bonds. The first-order valence-electron chi connectivity index (χ1n) is 9.35. The van der Waals surface area contributed by atoms with Crippen LogP contribution in [-0.2, 0) is 10.2 Å². The first-order chi connectivity index (χ1) is 12.7. The number of likely N-dealkylation sites (tertiary alicyclic amines) is 1. The maximum Gasteiger partial charge on any atom is 0.339 e. The molecule has 1 aromatic carbocycles. The lowest BCUT2D eigenvalue weighted by molar-refractivity contribution is -0.137. The highest BCUT2D eigenvalue weighted by Crippen LogP contribution is 2.30. The fourth-order valence-electron chi connectivity index (χ4n) is 3.80. The summed E-state index contributed by atoms with van der Waals surface area (Å²) in [6.07, 6.45) is 2.96. The number of hydrogen-bond donors (Lipinski definition) is 1. The number of carboxylic acids is 1. The first kappa shape index (κ1) is 19.1. The number of aromatic carboxylic acids is 1. The Morgan fingerprint density at radius 1 is 1.11 bits per heavy atom. The average Bonchev–Trinajstić information content (AvgIpc) is 3.03. The Kier molecular flexibility index (Phi) is 5.09. The van der Waals surface area contributed by atoms with Gasteiger partial charge in [0.25, 0.3) is 0 Å². The molecule has 1 aliphatic rings. The third-order valence-electron chi connectivity index (χ3n) is 5.68. The average molecular weight is 369 g/mol. The van der Waals surface area contributed by atoms with Crippen LogP contribution in [0, 0.1) is 13.8 Å². The number of rotatable bonds is 4. The van der Waals surface area contributed by atoms with Gasteiger partial charge in [0.1, 0.15) is 5.56 Å². The molecule has 0 bridgehead atoms. The molecule has 0 atom stereocenters. The van der Waals surface area contributed by atoms with Crippen LogP contribution in [0.1, 0.15) is 59.9 Å². The molecule has 0 aliphatic carbocycles. The standard InChI is InChI=1S/C21H27N3O3/c1-14-5-7-16(8-6-14)21(3,4)20(27)23-11-9-17(10-12-23)24-15(2)18(13-22-24)19(25)26/h5-8,13,17H,9-12H2,1-4H3,(H,25,26). The molecule has 2 heterocycles. The van der Waals surface area contributed by atoms with Crippen molar-refractivity contribution in [1.29, 1.82) is 0 Å². The van der Waals surface area contributed by atoms with Crippen LogP contribution in [0.15, 0.2) is 30.5 Å². The van der Waals surface area contributed by atoms with Gasteiger partial charge >= 0.3 is 5.97 Å². The van der Waals surface area contributed by atoms with E-state index in [4.69, 9.17) is 0 Å². The smallest absolute Gasteiger partial charge is 0.339 e. The van der Waals surface area contributed by atoms with E-state index in [-0.39, 0.29) is 17.5 Å². The van der Waals surface area contributed by atoms with Crippen molar-refractivity contribution in [3.8, 4) is 0 Å². The zero-order valence-electron chi connectivity index (χ0n) is 16.4. The number of carbonyl (C=O) groups is 2. The van der Waals surface area contributed by atoms with Crippen molar-refractivity contribution in [3.05, 3.63) is 52.8 Å². The van der Waals surface area contributed by atoms with Crippen molar-refractivity contribution in [2.75, 3.05) is 13.1 Å². The minimum Gasteiger partial charge on any atom is -0.478 e. The topological polar surface area (TPSA) is 75.4 Å². The molecule has 0 saturated carbocycles. The zero-order valence-corrected chi connectivity index (χ0v) is 16.4. The predicted molar refractivity (Wildman–Crippen MR) is 103 cm³/mol. The van der Waals surface area contributed by atoms with Gasteiger partial charge in [0, 0.05) is 13.1 Å². The van der Waals surface area contributed by atoms with Crippen molar-refractivity contribution in [3.63, 3.8) is 0 Å². The van der Waals surface area contributed by atoms with E-state index < -0.39 is 11.4 Å². The summed E-state index contributed by atoms with van der Waals surface area (Å²) in [6.45, 7) is 9.08. The van der Waals surface area contributed by atoms with Gasteiger partial charge in [0.15, 0.2) is 0 Å². The van der Waals surface area contributed by atoms with Gasteiger partial charge in [-0.2, -0.15) is 5.10 Å². The van der Waals surface area contributed by atoms with Crippen LogP contribution >= 0.6 is 0 Å². The molecule has 1 saturated heterocycles. The Balaban J connectivity index is 1.69. The molecule has 0 unspecified atom stereocenters. The summed E-state index contributed by atoms with van der Waals surface area (Å²) in [5.41, 5.74) is 2.55. The Hall–Kier alpha value is -2.63. The number of amides is 1. The van der Waals surface area contributed by atoms with E-state index in [1.54, 1.807) is 11.6 Å². The van der Waals surface area contributed by atoms with Crippen LogP contribution in [0.4, 0.5) is 0 Å². The van der Waals surface area contributed by atoms with Crippen molar-refractivity contribution >= 4 is 11.9 Å². The maximum atomic E-state index is 13.1. The van der Waals surface area contributed by atoms with Gasteiger partial charge in [-0.05, 0) is 46.1 Å². The lowest BCUT2D eigenvalue weighted by Gasteiger charge is -2.37. The van der Waals surface area contributed by atoms with Crippen molar-refractivity contribution in [1.82, 2.24) is 14.7 Å². The Bertz CT molecular complexity index is 844. The quantitative estimate of drug-likeness (QED) is 0.897. The summed E-state index contributed by atoms with van der Waals surface area (Å²) < 4.78 is 1.80. The normalized spacial score (nSPS) is 15.8. The van der Waals surface area contributed by atoms with Gasteiger partial charge in [-0.25, -0.2) is 4.79 Å².